The second-order valence-electron chi connectivity index (χ2n) is 5.93. The summed E-state index contributed by atoms with van der Waals surface area (Å²) in [6.07, 6.45) is -3.57. The third-order valence-electron chi connectivity index (χ3n) is 4.04. The van der Waals surface area contributed by atoms with E-state index in [-0.39, 0.29) is 31.7 Å². The lowest BCUT2D eigenvalue weighted by molar-refractivity contribution is -0.137. The van der Waals surface area contributed by atoms with Crippen LogP contribution in [0.2, 0.25) is 0 Å². The molecule has 0 aliphatic heterocycles. The Morgan fingerprint density at radius 3 is 2.48 bits per heavy atom. The fourth-order valence-electron chi connectivity index (χ4n) is 2.58. The molecule has 0 unspecified atom stereocenters. The maximum atomic E-state index is 13.1. The Morgan fingerprint density at radius 2 is 1.86 bits per heavy atom. The first kappa shape index (κ1) is 21.8. The molecule has 29 heavy (non-hydrogen) atoms. The van der Waals surface area contributed by atoms with Crippen molar-refractivity contribution in [3.8, 4) is 0 Å². The Hall–Kier alpha value is -1.92. The highest BCUT2D eigenvalue weighted by atomic mass is 79.9. The van der Waals surface area contributed by atoms with Crippen LogP contribution in [-0.4, -0.2) is 23.8 Å². The minimum Gasteiger partial charge on any atom is -0.289 e. The Labute approximate surface area is 179 Å². The van der Waals surface area contributed by atoms with E-state index >= 15 is 0 Å². The molecule has 2 aromatic carbocycles. The second-order valence-corrected chi connectivity index (χ2v) is 9.94. The summed E-state index contributed by atoms with van der Waals surface area (Å²) in [7, 11) is -3.63. The van der Waals surface area contributed by atoms with Crippen LogP contribution >= 0.6 is 31.9 Å². The van der Waals surface area contributed by atoms with Gasteiger partial charge in [0.1, 0.15) is 6.33 Å². The van der Waals surface area contributed by atoms with Crippen LogP contribution in [0.4, 0.5) is 18.9 Å². The number of nitrogens with zero attached hydrogens (tertiary/aromatic N) is 2. The predicted molar refractivity (Wildman–Crippen MR) is 110 cm³/mol. The lowest BCUT2D eigenvalue weighted by atomic mass is 10.1. The van der Waals surface area contributed by atoms with Crippen molar-refractivity contribution in [1.29, 1.82) is 0 Å². The molecule has 0 aliphatic carbocycles. The molecule has 0 atom stereocenters. The van der Waals surface area contributed by atoms with E-state index < -0.39 is 27.1 Å². The van der Waals surface area contributed by atoms with Gasteiger partial charge in [-0.1, -0.05) is 22.9 Å². The van der Waals surface area contributed by atoms with Crippen LogP contribution < -0.4 is 11.0 Å². The van der Waals surface area contributed by atoms with Crippen LogP contribution in [0.15, 0.2) is 55.3 Å². The maximum Gasteiger partial charge on any atom is 0.416 e. The molecule has 0 amide bonds. The standard InChI is InChI=1S/C17H12Br2F3N3O3S/c1-2-29(27,28)14-4-3-10(18)7-13(14)24-25-8-23-15-11(16(25)26)5-9(6-12(15)19)17(20,21)22/h3-8,24H,2H2,1H3. The maximum absolute atomic E-state index is 13.1. The largest absolute Gasteiger partial charge is 0.416 e. The number of fused-ring (bicyclic) bond motifs is 1. The summed E-state index contributed by atoms with van der Waals surface area (Å²) in [6, 6.07) is 5.89. The molecule has 0 bridgehead atoms. The molecular formula is C17H12Br2F3N3O3S. The molecule has 0 saturated carbocycles. The molecule has 0 aliphatic rings. The van der Waals surface area contributed by atoms with Gasteiger partial charge in [-0.05, 0) is 46.3 Å². The second kappa shape index (κ2) is 7.73. The molecule has 3 aromatic rings. The summed E-state index contributed by atoms with van der Waals surface area (Å²) >= 11 is 6.23. The van der Waals surface area contributed by atoms with Gasteiger partial charge in [0.2, 0.25) is 0 Å². The molecule has 3 rings (SSSR count). The molecule has 1 heterocycles. The minimum atomic E-state index is -4.65. The number of benzene rings is 2. The normalized spacial score (nSPS) is 12.3. The van der Waals surface area contributed by atoms with Gasteiger partial charge in [-0.25, -0.2) is 18.1 Å². The molecule has 0 fully saturated rings. The van der Waals surface area contributed by atoms with Gasteiger partial charge in [-0.3, -0.25) is 10.2 Å². The van der Waals surface area contributed by atoms with Gasteiger partial charge in [0.25, 0.3) is 5.56 Å². The van der Waals surface area contributed by atoms with Gasteiger partial charge < -0.3 is 0 Å². The zero-order valence-corrected chi connectivity index (χ0v) is 18.6. The zero-order chi connectivity index (χ0) is 21.6. The fourth-order valence-corrected chi connectivity index (χ4v) is 4.53. The number of hydrogen-bond acceptors (Lipinski definition) is 5. The summed E-state index contributed by atoms with van der Waals surface area (Å²) in [4.78, 5) is 16.8. The van der Waals surface area contributed by atoms with E-state index in [0.29, 0.717) is 10.5 Å². The number of alkyl halides is 3. The Bertz CT molecular complexity index is 1270. The number of hydrogen-bond donors (Lipinski definition) is 1. The van der Waals surface area contributed by atoms with Crippen molar-refractivity contribution >= 4 is 58.3 Å². The number of sulfone groups is 1. The predicted octanol–water partition coefficient (Wildman–Crippen LogP) is 4.61. The van der Waals surface area contributed by atoms with Gasteiger partial charge in [0.15, 0.2) is 9.84 Å². The smallest absolute Gasteiger partial charge is 0.289 e. The van der Waals surface area contributed by atoms with Gasteiger partial charge in [0, 0.05) is 8.95 Å². The third-order valence-corrected chi connectivity index (χ3v) is 6.92. The summed E-state index contributed by atoms with van der Waals surface area (Å²) in [5.74, 6) is -0.171. The third kappa shape index (κ3) is 4.33. The summed E-state index contributed by atoms with van der Waals surface area (Å²) in [5.41, 5.74) is 0.933. The van der Waals surface area contributed by atoms with E-state index in [0.717, 1.165) is 17.1 Å². The molecule has 1 N–H and O–H groups in total. The number of aromatic nitrogens is 2. The summed E-state index contributed by atoms with van der Waals surface area (Å²) in [5, 5.41) is -0.281. The Balaban J connectivity index is 2.20. The number of rotatable bonds is 4. The van der Waals surface area contributed by atoms with E-state index in [1.54, 1.807) is 0 Å². The van der Waals surface area contributed by atoms with Crippen molar-refractivity contribution in [2.75, 3.05) is 11.2 Å². The van der Waals surface area contributed by atoms with Crippen molar-refractivity contribution in [3.63, 3.8) is 0 Å². The Morgan fingerprint density at radius 1 is 1.17 bits per heavy atom. The molecule has 1 aromatic heterocycles. The number of halogens is 5. The monoisotopic (exact) mass is 553 g/mol. The average Bonchev–Trinajstić information content (AvgIpc) is 2.63. The molecular weight excluding hydrogens is 543 g/mol. The highest BCUT2D eigenvalue weighted by molar-refractivity contribution is 9.11. The highest BCUT2D eigenvalue weighted by Gasteiger charge is 2.32. The SMILES string of the molecule is CCS(=O)(=O)c1ccc(Br)cc1Nn1cnc2c(Br)cc(C(F)(F)F)cc2c1=O. The molecule has 0 saturated heterocycles. The number of anilines is 1. The Kier molecular flexibility index (Phi) is 5.80. The van der Waals surface area contributed by atoms with E-state index in [2.05, 4.69) is 42.3 Å². The quantitative estimate of drug-likeness (QED) is 0.509. The van der Waals surface area contributed by atoms with Gasteiger partial charge in [0.05, 0.1) is 32.8 Å². The van der Waals surface area contributed by atoms with Crippen LogP contribution in [0.5, 0.6) is 0 Å². The van der Waals surface area contributed by atoms with Gasteiger partial charge in [-0.15, -0.1) is 0 Å². The topological polar surface area (TPSA) is 81.1 Å². The van der Waals surface area contributed by atoms with Gasteiger partial charge >= 0.3 is 6.18 Å². The molecule has 154 valence electrons. The van der Waals surface area contributed by atoms with E-state index in [9.17, 15) is 26.4 Å². The first-order chi connectivity index (χ1) is 13.4. The zero-order valence-electron chi connectivity index (χ0n) is 14.6. The van der Waals surface area contributed by atoms with Crippen molar-refractivity contribution in [3.05, 3.63) is 61.5 Å². The van der Waals surface area contributed by atoms with Crippen molar-refractivity contribution in [2.24, 2.45) is 0 Å². The number of nitrogens with one attached hydrogen (secondary N) is 1. The van der Waals surface area contributed by atoms with Crippen LogP contribution in [0.1, 0.15) is 12.5 Å². The highest BCUT2D eigenvalue weighted by Crippen LogP contribution is 2.34. The summed E-state index contributed by atoms with van der Waals surface area (Å²) < 4.78 is 65.4. The van der Waals surface area contributed by atoms with E-state index in [1.165, 1.54) is 25.1 Å². The fraction of sp³-hybridized carbons (Fsp3) is 0.176. The van der Waals surface area contributed by atoms with Gasteiger partial charge in [-0.2, -0.15) is 13.2 Å². The van der Waals surface area contributed by atoms with Crippen LogP contribution in [-0.2, 0) is 16.0 Å². The molecule has 0 radical (unpaired) electrons. The van der Waals surface area contributed by atoms with E-state index in [1.807, 2.05) is 0 Å². The first-order valence-corrected chi connectivity index (χ1v) is 11.3. The minimum absolute atomic E-state index is 0.0169. The average molecular weight is 555 g/mol. The van der Waals surface area contributed by atoms with Crippen LogP contribution in [0, 0.1) is 0 Å². The van der Waals surface area contributed by atoms with Crippen molar-refractivity contribution in [2.45, 2.75) is 18.0 Å². The van der Waals surface area contributed by atoms with Crippen LogP contribution in [0.25, 0.3) is 10.9 Å². The van der Waals surface area contributed by atoms with Crippen LogP contribution in [0.3, 0.4) is 0 Å². The van der Waals surface area contributed by atoms with E-state index in [4.69, 9.17) is 0 Å². The van der Waals surface area contributed by atoms with Crippen molar-refractivity contribution in [1.82, 2.24) is 9.66 Å². The first-order valence-electron chi connectivity index (χ1n) is 8.01. The summed E-state index contributed by atoms with van der Waals surface area (Å²) in [6.45, 7) is 1.47. The lowest BCUT2D eigenvalue weighted by Crippen LogP contribution is -2.28. The molecule has 0 spiro atoms. The van der Waals surface area contributed by atoms with Crippen molar-refractivity contribution < 1.29 is 21.6 Å². The lowest BCUT2D eigenvalue weighted by Gasteiger charge is -2.15. The molecule has 6 nitrogen and oxygen atoms in total. The molecule has 12 heteroatoms.